The van der Waals surface area contributed by atoms with Gasteiger partial charge in [-0.2, -0.15) is 0 Å². The first-order valence-electron chi connectivity index (χ1n) is 8.39. The molecule has 104 valence electrons. The van der Waals surface area contributed by atoms with Crippen LogP contribution in [0.2, 0.25) is 0 Å². The Morgan fingerprint density at radius 2 is 1.56 bits per heavy atom. The molecule has 0 bridgehead atoms. The summed E-state index contributed by atoms with van der Waals surface area (Å²) in [6.07, 6.45) is 14.8. The molecule has 1 unspecified atom stereocenters. The Morgan fingerprint density at radius 3 is 2.44 bits per heavy atom. The van der Waals surface area contributed by atoms with Crippen molar-refractivity contribution in [3.8, 4) is 0 Å². The smallest absolute Gasteiger partial charge is 0.0925 e. The van der Waals surface area contributed by atoms with Crippen LogP contribution < -0.4 is 4.90 Å². The summed E-state index contributed by atoms with van der Waals surface area (Å²) in [5.41, 5.74) is 0. The van der Waals surface area contributed by atoms with E-state index in [0.29, 0.717) is 6.10 Å². The molecule has 2 heterocycles. The normalized spacial score (nSPS) is 38.3. The Labute approximate surface area is 112 Å². The maximum absolute atomic E-state index is 6.26. The molecule has 1 N–H and O–H groups in total. The summed E-state index contributed by atoms with van der Waals surface area (Å²) in [6.45, 7) is 3.94. The van der Waals surface area contributed by atoms with Crippen molar-refractivity contribution in [3.05, 3.63) is 0 Å². The van der Waals surface area contributed by atoms with Gasteiger partial charge >= 0.3 is 0 Å². The molecule has 0 radical (unpaired) electrons. The molecule has 1 saturated carbocycles. The molecule has 3 rings (SSSR count). The highest BCUT2D eigenvalue weighted by Gasteiger charge is 2.36. The monoisotopic (exact) mass is 252 g/mol. The number of hydrogen-bond acceptors (Lipinski definition) is 1. The summed E-state index contributed by atoms with van der Waals surface area (Å²) < 4.78 is 6.26. The first-order valence-corrected chi connectivity index (χ1v) is 8.39. The van der Waals surface area contributed by atoms with E-state index in [0.717, 1.165) is 18.6 Å². The van der Waals surface area contributed by atoms with Gasteiger partial charge in [0.05, 0.1) is 31.8 Å². The van der Waals surface area contributed by atoms with Crippen LogP contribution in [0.25, 0.3) is 0 Å². The van der Waals surface area contributed by atoms with Gasteiger partial charge in [0.25, 0.3) is 0 Å². The van der Waals surface area contributed by atoms with Gasteiger partial charge in [0, 0.05) is 5.92 Å². The van der Waals surface area contributed by atoms with Gasteiger partial charge < -0.3 is 9.64 Å². The molecular formula is C16H30NO+. The van der Waals surface area contributed by atoms with Crippen LogP contribution in [-0.2, 0) is 4.74 Å². The maximum Gasteiger partial charge on any atom is 0.0925 e. The molecule has 2 saturated heterocycles. The Balaban J connectivity index is 1.48. The summed E-state index contributed by atoms with van der Waals surface area (Å²) in [4.78, 5) is 1.91. The van der Waals surface area contributed by atoms with E-state index in [4.69, 9.17) is 4.74 Å². The molecule has 3 atom stereocenters. The van der Waals surface area contributed by atoms with Crippen LogP contribution in [-0.4, -0.2) is 31.8 Å². The van der Waals surface area contributed by atoms with E-state index in [2.05, 4.69) is 0 Å². The minimum atomic E-state index is 0.604. The van der Waals surface area contributed by atoms with Crippen LogP contribution in [0.15, 0.2) is 0 Å². The van der Waals surface area contributed by atoms with Crippen LogP contribution in [0.4, 0.5) is 0 Å². The average Bonchev–Trinajstić information content (AvgIpc) is 2.46. The fourth-order valence-electron chi connectivity index (χ4n) is 4.47. The van der Waals surface area contributed by atoms with E-state index in [-0.39, 0.29) is 0 Å². The number of rotatable bonds is 3. The standard InChI is InChI=1S/C16H29NO/c1-2-8-15(9-3-1)18-13-14-7-6-12-17-11-5-4-10-16(14)17/h14-16H,1-13H2/p+1/t14-,16-/m1/s1. The second-order valence-electron chi connectivity index (χ2n) is 6.76. The summed E-state index contributed by atoms with van der Waals surface area (Å²) in [7, 11) is 0. The molecule has 3 fully saturated rings. The first kappa shape index (κ1) is 12.9. The van der Waals surface area contributed by atoms with E-state index in [1.54, 1.807) is 0 Å². The van der Waals surface area contributed by atoms with E-state index in [1.165, 1.54) is 77.3 Å². The van der Waals surface area contributed by atoms with Crippen LogP contribution in [0.1, 0.15) is 64.2 Å². The molecule has 2 aliphatic heterocycles. The third kappa shape index (κ3) is 3.08. The zero-order chi connectivity index (χ0) is 12.2. The van der Waals surface area contributed by atoms with Crippen molar-refractivity contribution in [1.82, 2.24) is 0 Å². The van der Waals surface area contributed by atoms with Crippen molar-refractivity contribution in [2.45, 2.75) is 76.4 Å². The summed E-state index contributed by atoms with van der Waals surface area (Å²) in [5, 5.41) is 0. The lowest BCUT2D eigenvalue weighted by Crippen LogP contribution is -3.18. The molecule has 0 aromatic rings. The number of piperidine rings is 2. The van der Waals surface area contributed by atoms with Crippen molar-refractivity contribution < 1.29 is 9.64 Å². The predicted octanol–water partition coefficient (Wildman–Crippen LogP) is 2.18. The minimum absolute atomic E-state index is 0.604. The quantitative estimate of drug-likeness (QED) is 0.813. The van der Waals surface area contributed by atoms with Crippen molar-refractivity contribution in [2.24, 2.45) is 5.92 Å². The lowest BCUT2D eigenvalue weighted by Gasteiger charge is -2.41. The predicted molar refractivity (Wildman–Crippen MR) is 73.9 cm³/mol. The minimum Gasteiger partial charge on any atom is -0.378 e. The Hall–Kier alpha value is -0.0800. The Morgan fingerprint density at radius 1 is 0.778 bits per heavy atom. The van der Waals surface area contributed by atoms with Gasteiger partial charge in [0.2, 0.25) is 0 Å². The van der Waals surface area contributed by atoms with Crippen molar-refractivity contribution >= 4 is 0 Å². The molecule has 18 heavy (non-hydrogen) atoms. The molecule has 0 amide bonds. The highest BCUT2D eigenvalue weighted by atomic mass is 16.5. The number of ether oxygens (including phenoxy) is 1. The fraction of sp³-hybridized carbons (Fsp3) is 1.00. The van der Waals surface area contributed by atoms with Crippen LogP contribution in [0.5, 0.6) is 0 Å². The molecule has 3 aliphatic rings. The first-order chi connectivity index (χ1) is 8.93. The van der Waals surface area contributed by atoms with Crippen LogP contribution >= 0.6 is 0 Å². The van der Waals surface area contributed by atoms with E-state index >= 15 is 0 Å². The number of fused-ring (bicyclic) bond motifs is 1. The fourth-order valence-corrected chi connectivity index (χ4v) is 4.47. The largest absolute Gasteiger partial charge is 0.378 e. The van der Waals surface area contributed by atoms with Gasteiger partial charge in [0.1, 0.15) is 0 Å². The van der Waals surface area contributed by atoms with Gasteiger partial charge in [-0.15, -0.1) is 0 Å². The zero-order valence-corrected chi connectivity index (χ0v) is 11.8. The highest BCUT2D eigenvalue weighted by molar-refractivity contribution is 4.76. The summed E-state index contributed by atoms with van der Waals surface area (Å²) in [5.74, 6) is 0.871. The molecule has 2 heteroatoms. The maximum atomic E-state index is 6.26. The SMILES string of the molecule is C1CCC(OC[C@H]2CCC[NH+]3CCCC[C@H]23)CC1. The summed E-state index contributed by atoms with van der Waals surface area (Å²) >= 11 is 0. The number of hydrogen-bond donors (Lipinski definition) is 1. The van der Waals surface area contributed by atoms with Gasteiger partial charge in [-0.3, -0.25) is 0 Å². The molecule has 1 aliphatic carbocycles. The van der Waals surface area contributed by atoms with Crippen LogP contribution in [0.3, 0.4) is 0 Å². The topological polar surface area (TPSA) is 13.7 Å². The van der Waals surface area contributed by atoms with E-state index < -0.39 is 0 Å². The van der Waals surface area contributed by atoms with Gasteiger partial charge in [-0.25, -0.2) is 0 Å². The molecule has 0 aromatic heterocycles. The van der Waals surface area contributed by atoms with Gasteiger partial charge in [-0.05, 0) is 44.9 Å². The van der Waals surface area contributed by atoms with E-state index in [9.17, 15) is 0 Å². The van der Waals surface area contributed by atoms with Crippen molar-refractivity contribution in [3.63, 3.8) is 0 Å². The van der Waals surface area contributed by atoms with Crippen molar-refractivity contribution in [2.75, 3.05) is 19.7 Å². The van der Waals surface area contributed by atoms with E-state index in [1.807, 2.05) is 4.90 Å². The second-order valence-corrected chi connectivity index (χ2v) is 6.76. The highest BCUT2D eigenvalue weighted by Crippen LogP contribution is 2.24. The molecule has 2 nitrogen and oxygen atoms in total. The Bertz CT molecular complexity index is 247. The number of quaternary nitrogens is 1. The zero-order valence-electron chi connectivity index (χ0n) is 11.8. The Kier molecular flexibility index (Phi) is 4.58. The van der Waals surface area contributed by atoms with Gasteiger partial charge in [-0.1, -0.05) is 19.3 Å². The summed E-state index contributed by atoms with van der Waals surface area (Å²) in [6, 6.07) is 0.941. The second kappa shape index (κ2) is 6.38. The van der Waals surface area contributed by atoms with Crippen LogP contribution in [0, 0.1) is 5.92 Å². The molecule has 0 aromatic carbocycles. The molecule has 0 spiro atoms. The van der Waals surface area contributed by atoms with Crippen molar-refractivity contribution in [1.29, 1.82) is 0 Å². The third-order valence-corrected chi connectivity index (χ3v) is 5.53. The van der Waals surface area contributed by atoms with Gasteiger partial charge in [0.15, 0.2) is 0 Å². The third-order valence-electron chi connectivity index (χ3n) is 5.53. The lowest BCUT2D eigenvalue weighted by molar-refractivity contribution is -0.940. The molecular weight excluding hydrogens is 222 g/mol. The lowest BCUT2D eigenvalue weighted by atomic mass is 9.84. The number of nitrogens with one attached hydrogen (secondary N) is 1. The average molecular weight is 252 g/mol.